The van der Waals surface area contributed by atoms with Crippen molar-refractivity contribution in [1.82, 2.24) is 15.5 Å². The van der Waals surface area contributed by atoms with Gasteiger partial charge in [-0.25, -0.2) is 0 Å². The van der Waals surface area contributed by atoms with Crippen molar-refractivity contribution in [2.24, 2.45) is 0 Å². The predicted molar refractivity (Wildman–Crippen MR) is 91.1 cm³/mol. The van der Waals surface area contributed by atoms with E-state index in [4.69, 9.17) is 9.47 Å². The number of amides is 1. The number of H-pyrrole nitrogens is 1. The Hall–Kier alpha value is -2.76. The lowest BCUT2D eigenvalue weighted by molar-refractivity contribution is -0.117. The van der Waals surface area contributed by atoms with Crippen LogP contribution >= 0.6 is 0 Å². The van der Waals surface area contributed by atoms with E-state index in [2.05, 4.69) is 15.5 Å². The summed E-state index contributed by atoms with van der Waals surface area (Å²) in [5, 5.41) is 9.86. The van der Waals surface area contributed by atoms with Gasteiger partial charge in [-0.3, -0.25) is 9.89 Å². The highest BCUT2D eigenvalue weighted by atomic mass is 16.5. The maximum absolute atomic E-state index is 12.3. The first-order valence-corrected chi connectivity index (χ1v) is 7.96. The molecule has 126 valence electrons. The summed E-state index contributed by atoms with van der Waals surface area (Å²) in [6.45, 7) is 2.90. The van der Waals surface area contributed by atoms with Gasteiger partial charge < -0.3 is 14.8 Å². The van der Waals surface area contributed by atoms with Crippen LogP contribution in [0, 0.1) is 6.92 Å². The monoisotopic (exact) mass is 327 g/mol. The van der Waals surface area contributed by atoms with E-state index < -0.39 is 0 Å². The number of carbonyl (C=O) groups excluding carboxylic acids is 1. The van der Waals surface area contributed by atoms with E-state index in [0.29, 0.717) is 12.1 Å². The van der Waals surface area contributed by atoms with Crippen LogP contribution in [0.4, 0.5) is 0 Å². The Bertz CT molecular complexity index is 765. The van der Waals surface area contributed by atoms with Crippen LogP contribution in [-0.2, 0) is 11.2 Å². The van der Waals surface area contributed by atoms with Gasteiger partial charge in [-0.1, -0.05) is 0 Å². The van der Waals surface area contributed by atoms with E-state index in [1.54, 1.807) is 7.11 Å². The molecular formula is C18H21N3O3. The molecule has 6 nitrogen and oxygen atoms in total. The predicted octanol–water partition coefficient (Wildman–Crippen LogP) is 2.25. The summed E-state index contributed by atoms with van der Waals surface area (Å²) < 4.78 is 10.8. The maximum Gasteiger partial charge on any atom is 0.250 e. The number of methoxy groups -OCH3 is 1. The Morgan fingerprint density at radius 2 is 2.33 bits per heavy atom. The number of aryl methyl sites for hydroxylation is 2. The topological polar surface area (TPSA) is 76.2 Å². The second-order valence-corrected chi connectivity index (χ2v) is 5.74. The number of benzene rings is 1. The van der Waals surface area contributed by atoms with E-state index in [0.717, 1.165) is 35.6 Å². The number of rotatable bonds is 6. The van der Waals surface area contributed by atoms with Gasteiger partial charge in [-0.15, -0.1) is 0 Å². The summed E-state index contributed by atoms with van der Waals surface area (Å²) in [5.41, 5.74) is 3.75. The number of hydrogen-bond donors (Lipinski definition) is 2. The Morgan fingerprint density at radius 3 is 3.08 bits per heavy atom. The van der Waals surface area contributed by atoms with E-state index in [1.807, 2.05) is 37.4 Å². The van der Waals surface area contributed by atoms with Crippen molar-refractivity contribution in [3.05, 3.63) is 46.8 Å². The molecule has 0 unspecified atom stereocenters. The molecule has 1 aliphatic heterocycles. The number of fused-ring (bicyclic) bond motifs is 1. The van der Waals surface area contributed by atoms with E-state index in [-0.39, 0.29) is 12.5 Å². The van der Waals surface area contributed by atoms with E-state index in [9.17, 15) is 4.79 Å². The van der Waals surface area contributed by atoms with Gasteiger partial charge in [0.2, 0.25) is 0 Å². The van der Waals surface area contributed by atoms with Crippen LogP contribution in [0.2, 0.25) is 0 Å². The van der Waals surface area contributed by atoms with Crippen LogP contribution in [0.5, 0.6) is 11.5 Å². The second kappa shape index (κ2) is 7.21. The number of aromatic nitrogens is 2. The van der Waals surface area contributed by atoms with Gasteiger partial charge in [0.15, 0.2) is 0 Å². The average Bonchev–Trinajstić information content (AvgIpc) is 3.02. The van der Waals surface area contributed by atoms with Crippen molar-refractivity contribution >= 4 is 12.0 Å². The normalized spacial score (nSPS) is 12.8. The Kier molecular flexibility index (Phi) is 4.84. The standard InChI is InChI=1S/C18H21N3O3/c1-12-13(10-20-21-12)4-3-7-19-18(22)15-8-14-9-16(23-2)5-6-17(14)24-11-15/h5-6,8-10H,3-4,7,11H2,1-2H3,(H,19,22)(H,20,21). The Labute approximate surface area is 140 Å². The highest BCUT2D eigenvalue weighted by Crippen LogP contribution is 2.29. The number of aromatic amines is 1. The van der Waals surface area contributed by atoms with Gasteiger partial charge >= 0.3 is 0 Å². The van der Waals surface area contributed by atoms with Crippen molar-refractivity contribution in [2.45, 2.75) is 19.8 Å². The minimum atomic E-state index is -0.0904. The SMILES string of the molecule is COc1ccc2c(c1)C=C(C(=O)NCCCc1cn[nH]c1C)CO2. The third kappa shape index (κ3) is 3.59. The van der Waals surface area contributed by atoms with Crippen LogP contribution in [0.3, 0.4) is 0 Å². The minimum absolute atomic E-state index is 0.0904. The van der Waals surface area contributed by atoms with Gasteiger partial charge in [-0.2, -0.15) is 5.10 Å². The fraction of sp³-hybridized carbons (Fsp3) is 0.333. The lowest BCUT2D eigenvalue weighted by Gasteiger charge is -2.18. The van der Waals surface area contributed by atoms with Gasteiger partial charge in [0.05, 0.1) is 18.9 Å². The van der Waals surface area contributed by atoms with E-state index in [1.165, 1.54) is 5.56 Å². The van der Waals surface area contributed by atoms with Crippen LogP contribution in [-0.4, -0.2) is 36.4 Å². The Balaban J connectivity index is 1.55. The van der Waals surface area contributed by atoms with Gasteiger partial charge in [0.25, 0.3) is 5.91 Å². The summed E-state index contributed by atoms with van der Waals surface area (Å²) in [4.78, 5) is 12.3. The first-order valence-electron chi connectivity index (χ1n) is 7.96. The third-order valence-electron chi connectivity index (χ3n) is 4.06. The van der Waals surface area contributed by atoms with Crippen molar-refractivity contribution in [3.63, 3.8) is 0 Å². The van der Waals surface area contributed by atoms with Crippen LogP contribution in [0.25, 0.3) is 6.08 Å². The number of hydrogen-bond acceptors (Lipinski definition) is 4. The summed E-state index contributed by atoms with van der Waals surface area (Å²) >= 11 is 0. The Morgan fingerprint density at radius 1 is 1.46 bits per heavy atom. The summed E-state index contributed by atoms with van der Waals surface area (Å²) in [7, 11) is 1.62. The largest absolute Gasteiger partial charge is 0.497 e. The quantitative estimate of drug-likeness (QED) is 0.798. The molecule has 2 N–H and O–H groups in total. The average molecular weight is 327 g/mol. The molecule has 0 bridgehead atoms. The molecule has 0 fully saturated rings. The molecule has 3 rings (SSSR count). The third-order valence-corrected chi connectivity index (χ3v) is 4.06. The van der Waals surface area contributed by atoms with E-state index >= 15 is 0 Å². The zero-order valence-corrected chi connectivity index (χ0v) is 13.9. The van der Waals surface area contributed by atoms with Crippen molar-refractivity contribution in [2.75, 3.05) is 20.3 Å². The molecule has 0 saturated heterocycles. The molecule has 1 aliphatic rings. The van der Waals surface area contributed by atoms with Gasteiger partial charge in [-0.05, 0) is 49.6 Å². The second-order valence-electron chi connectivity index (χ2n) is 5.74. The zero-order chi connectivity index (χ0) is 16.9. The maximum atomic E-state index is 12.3. The van der Waals surface area contributed by atoms with Gasteiger partial charge in [0.1, 0.15) is 18.1 Å². The molecule has 24 heavy (non-hydrogen) atoms. The molecule has 0 saturated carbocycles. The molecule has 1 aromatic carbocycles. The fourth-order valence-corrected chi connectivity index (χ4v) is 2.64. The molecule has 1 aromatic heterocycles. The number of nitrogens with zero attached hydrogens (tertiary/aromatic N) is 1. The first-order chi connectivity index (χ1) is 11.7. The molecule has 0 aliphatic carbocycles. The molecule has 0 spiro atoms. The summed E-state index contributed by atoms with van der Waals surface area (Å²) in [6, 6.07) is 5.56. The molecule has 2 aromatic rings. The summed E-state index contributed by atoms with van der Waals surface area (Å²) in [5.74, 6) is 1.42. The zero-order valence-electron chi connectivity index (χ0n) is 13.9. The molecule has 1 amide bonds. The molecule has 0 radical (unpaired) electrons. The highest BCUT2D eigenvalue weighted by Gasteiger charge is 2.17. The molecular weight excluding hydrogens is 306 g/mol. The molecule has 0 atom stereocenters. The lowest BCUT2D eigenvalue weighted by Crippen LogP contribution is -2.29. The fourth-order valence-electron chi connectivity index (χ4n) is 2.64. The molecule has 2 heterocycles. The van der Waals surface area contributed by atoms with Crippen LogP contribution < -0.4 is 14.8 Å². The number of nitrogens with one attached hydrogen (secondary N) is 2. The smallest absolute Gasteiger partial charge is 0.250 e. The van der Waals surface area contributed by atoms with Crippen LogP contribution in [0.15, 0.2) is 30.0 Å². The minimum Gasteiger partial charge on any atom is -0.497 e. The highest BCUT2D eigenvalue weighted by molar-refractivity contribution is 5.99. The lowest BCUT2D eigenvalue weighted by atomic mass is 10.1. The van der Waals surface area contributed by atoms with Gasteiger partial charge in [0, 0.05) is 17.8 Å². The first kappa shape index (κ1) is 16.1. The molecule has 6 heteroatoms. The summed E-state index contributed by atoms with van der Waals surface area (Å²) in [6.07, 6.45) is 5.44. The number of carbonyl (C=O) groups is 1. The van der Waals surface area contributed by atoms with Crippen molar-refractivity contribution in [3.8, 4) is 11.5 Å². The van der Waals surface area contributed by atoms with Crippen molar-refractivity contribution < 1.29 is 14.3 Å². The van der Waals surface area contributed by atoms with Crippen molar-refractivity contribution in [1.29, 1.82) is 0 Å². The number of ether oxygens (including phenoxy) is 2. The van der Waals surface area contributed by atoms with Crippen LogP contribution in [0.1, 0.15) is 23.2 Å².